The van der Waals surface area contributed by atoms with Crippen molar-refractivity contribution in [3.8, 4) is 0 Å². The zero-order valence-corrected chi connectivity index (χ0v) is 8.59. The Morgan fingerprint density at radius 1 is 1.27 bits per heavy atom. The predicted molar refractivity (Wildman–Crippen MR) is 57.7 cm³/mol. The van der Waals surface area contributed by atoms with Crippen molar-refractivity contribution < 1.29 is 12.9 Å². The van der Waals surface area contributed by atoms with Gasteiger partial charge >= 0.3 is 6.98 Å². The first-order valence-corrected chi connectivity index (χ1v) is 4.77. The summed E-state index contributed by atoms with van der Waals surface area (Å²) in [5.74, 6) is 0. The Hall–Kier alpha value is -1.19. The SMILES string of the molecule is C=CC[C@](C)(c1ccccc1)[B-](F)(F)F. The van der Waals surface area contributed by atoms with Gasteiger partial charge in [-0.3, -0.25) is 0 Å². The number of halogens is 3. The van der Waals surface area contributed by atoms with Crippen LogP contribution in [0.2, 0.25) is 0 Å². The van der Waals surface area contributed by atoms with Crippen molar-refractivity contribution in [3.05, 3.63) is 48.6 Å². The molecule has 1 aromatic rings. The number of hydrogen-bond acceptors (Lipinski definition) is 0. The topological polar surface area (TPSA) is 0 Å². The van der Waals surface area contributed by atoms with Crippen LogP contribution in [0.4, 0.5) is 12.9 Å². The Morgan fingerprint density at radius 3 is 2.20 bits per heavy atom. The molecule has 4 heteroatoms. The van der Waals surface area contributed by atoms with Crippen molar-refractivity contribution in [2.24, 2.45) is 0 Å². The maximum atomic E-state index is 13.0. The van der Waals surface area contributed by atoms with E-state index in [9.17, 15) is 12.9 Å². The average Bonchev–Trinajstić information content (AvgIpc) is 2.18. The fourth-order valence-corrected chi connectivity index (χ4v) is 1.56. The molecule has 1 aromatic carbocycles. The highest BCUT2D eigenvalue weighted by Gasteiger charge is 2.45. The quantitative estimate of drug-likeness (QED) is 0.525. The summed E-state index contributed by atoms with van der Waals surface area (Å²) in [6.45, 7) is -0.308. The summed E-state index contributed by atoms with van der Waals surface area (Å²) < 4.78 is 39.0. The molecule has 1 rings (SSSR count). The Kier molecular flexibility index (Phi) is 3.27. The lowest BCUT2D eigenvalue weighted by atomic mass is 9.54. The van der Waals surface area contributed by atoms with Gasteiger partial charge in [0.1, 0.15) is 0 Å². The molecule has 0 aliphatic rings. The average molecular weight is 213 g/mol. The Bertz CT molecular complexity index is 331. The van der Waals surface area contributed by atoms with Gasteiger partial charge in [-0.25, -0.2) is 0 Å². The molecule has 0 spiro atoms. The molecule has 0 bridgehead atoms. The van der Waals surface area contributed by atoms with Crippen LogP contribution in [0, 0.1) is 0 Å². The van der Waals surface area contributed by atoms with E-state index in [1.54, 1.807) is 18.2 Å². The van der Waals surface area contributed by atoms with Crippen LogP contribution in [-0.4, -0.2) is 6.98 Å². The first-order valence-electron chi connectivity index (χ1n) is 4.77. The van der Waals surface area contributed by atoms with E-state index in [1.807, 2.05) is 0 Å². The molecule has 0 saturated carbocycles. The summed E-state index contributed by atoms with van der Waals surface area (Å²) in [5.41, 5.74) is 0.303. The first kappa shape index (κ1) is 11.9. The van der Waals surface area contributed by atoms with Crippen LogP contribution in [0.3, 0.4) is 0 Å². The summed E-state index contributed by atoms with van der Waals surface area (Å²) in [5, 5.41) is -1.77. The highest BCUT2D eigenvalue weighted by atomic mass is 19.4. The predicted octanol–water partition coefficient (Wildman–Crippen LogP) is 3.91. The van der Waals surface area contributed by atoms with Crippen LogP contribution >= 0.6 is 0 Å². The summed E-state index contributed by atoms with van der Waals surface area (Å²) in [4.78, 5) is 0. The molecular weight excluding hydrogens is 200 g/mol. The van der Waals surface area contributed by atoms with Crippen LogP contribution in [0.15, 0.2) is 43.0 Å². The highest BCUT2D eigenvalue weighted by molar-refractivity contribution is 6.62. The molecule has 0 fully saturated rings. The molecule has 0 N–H and O–H groups in total. The third-order valence-electron chi connectivity index (χ3n) is 2.72. The van der Waals surface area contributed by atoms with E-state index in [2.05, 4.69) is 6.58 Å². The van der Waals surface area contributed by atoms with Gasteiger partial charge < -0.3 is 12.9 Å². The maximum Gasteiger partial charge on any atom is 0.488 e. The van der Waals surface area contributed by atoms with E-state index < -0.39 is 12.3 Å². The summed E-state index contributed by atoms with van der Waals surface area (Å²) in [6.07, 6.45) is 1.24. The third kappa shape index (κ3) is 2.25. The van der Waals surface area contributed by atoms with Gasteiger partial charge in [0, 0.05) is 0 Å². The molecule has 15 heavy (non-hydrogen) atoms. The van der Waals surface area contributed by atoms with Gasteiger partial charge in [-0.2, -0.15) is 0 Å². The highest BCUT2D eigenvalue weighted by Crippen LogP contribution is 2.39. The lowest BCUT2D eigenvalue weighted by molar-refractivity contribution is 0.380. The first-order chi connectivity index (χ1) is 6.92. The molecule has 0 unspecified atom stereocenters. The number of rotatable bonds is 4. The molecule has 0 amide bonds. The Labute approximate surface area is 87.9 Å². The lowest BCUT2D eigenvalue weighted by Gasteiger charge is -2.38. The van der Waals surface area contributed by atoms with Crippen molar-refractivity contribution in [2.75, 3.05) is 0 Å². The van der Waals surface area contributed by atoms with E-state index >= 15 is 0 Å². The van der Waals surface area contributed by atoms with Gasteiger partial charge in [-0.15, -0.1) is 6.58 Å². The lowest BCUT2D eigenvalue weighted by Crippen LogP contribution is -2.44. The van der Waals surface area contributed by atoms with E-state index in [-0.39, 0.29) is 6.42 Å². The van der Waals surface area contributed by atoms with E-state index in [0.29, 0.717) is 5.56 Å². The second kappa shape index (κ2) is 4.13. The minimum absolute atomic E-state index is 0.0828. The summed E-state index contributed by atoms with van der Waals surface area (Å²) in [7, 11) is 0. The second-order valence-electron chi connectivity index (χ2n) is 3.85. The van der Waals surface area contributed by atoms with Gasteiger partial charge in [0.15, 0.2) is 0 Å². The summed E-state index contributed by atoms with van der Waals surface area (Å²) >= 11 is 0. The minimum Gasteiger partial charge on any atom is -0.448 e. The Morgan fingerprint density at radius 2 is 1.80 bits per heavy atom. The van der Waals surface area contributed by atoms with Crippen molar-refractivity contribution in [1.82, 2.24) is 0 Å². The van der Waals surface area contributed by atoms with E-state index in [1.165, 1.54) is 25.1 Å². The summed E-state index contributed by atoms with van der Waals surface area (Å²) in [6, 6.07) is 7.98. The molecule has 0 nitrogen and oxygen atoms in total. The maximum absolute atomic E-state index is 13.0. The Balaban J connectivity index is 3.18. The van der Waals surface area contributed by atoms with Gasteiger partial charge in [0.25, 0.3) is 0 Å². The van der Waals surface area contributed by atoms with E-state index in [4.69, 9.17) is 0 Å². The van der Waals surface area contributed by atoms with Crippen LogP contribution in [0.5, 0.6) is 0 Å². The third-order valence-corrected chi connectivity index (χ3v) is 2.72. The number of benzene rings is 1. The van der Waals surface area contributed by atoms with Crippen molar-refractivity contribution in [3.63, 3.8) is 0 Å². The normalized spacial score (nSPS) is 15.7. The van der Waals surface area contributed by atoms with Gasteiger partial charge in [-0.1, -0.05) is 48.9 Å². The largest absolute Gasteiger partial charge is 0.488 e. The smallest absolute Gasteiger partial charge is 0.448 e. The number of hydrogen-bond donors (Lipinski definition) is 0. The standard InChI is InChI=1S/C11H13BF3/c1-3-9-11(2,12(13,14)15)10-7-5-4-6-8-10/h3-8H,1,9H2,2H3/q-1/t11-/m1/s1. The van der Waals surface area contributed by atoms with Crippen LogP contribution < -0.4 is 0 Å². The van der Waals surface area contributed by atoms with Gasteiger partial charge in [-0.05, 0) is 11.7 Å². The molecule has 0 aliphatic carbocycles. The molecule has 1 atom stereocenters. The van der Waals surface area contributed by atoms with Crippen LogP contribution in [-0.2, 0) is 5.31 Å². The molecule has 0 aliphatic heterocycles. The van der Waals surface area contributed by atoms with Crippen molar-refractivity contribution in [1.29, 1.82) is 0 Å². The molecule has 0 saturated heterocycles. The van der Waals surface area contributed by atoms with Crippen molar-refractivity contribution >= 4 is 6.98 Å². The van der Waals surface area contributed by atoms with Crippen LogP contribution in [0.1, 0.15) is 18.9 Å². The van der Waals surface area contributed by atoms with E-state index in [0.717, 1.165) is 0 Å². The zero-order chi connectivity index (χ0) is 11.5. The fraction of sp³-hybridized carbons (Fsp3) is 0.273. The van der Waals surface area contributed by atoms with Crippen LogP contribution in [0.25, 0.3) is 0 Å². The molecule has 0 heterocycles. The molecule has 0 radical (unpaired) electrons. The second-order valence-corrected chi connectivity index (χ2v) is 3.85. The molecule has 0 aromatic heterocycles. The van der Waals surface area contributed by atoms with Gasteiger partial charge in [0.05, 0.1) is 0 Å². The zero-order valence-electron chi connectivity index (χ0n) is 8.59. The minimum atomic E-state index is -4.93. The molecule has 82 valence electrons. The fourth-order valence-electron chi connectivity index (χ4n) is 1.56. The van der Waals surface area contributed by atoms with Crippen molar-refractivity contribution in [2.45, 2.75) is 18.7 Å². The van der Waals surface area contributed by atoms with Gasteiger partial charge in [0.2, 0.25) is 0 Å². The number of allylic oxidation sites excluding steroid dienone is 1. The monoisotopic (exact) mass is 213 g/mol. The molecular formula is C11H13BF3-.